The van der Waals surface area contributed by atoms with Gasteiger partial charge in [0.25, 0.3) is 0 Å². The quantitative estimate of drug-likeness (QED) is 0.882. The third kappa shape index (κ3) is 2.01. The summed E-state index contributed by atoms with van der Waals surface area (Å²) in [5.41, 5.74) is 4.68. The third-order valence-corrected chi connectivity index (χ3v) is 3.19. The summed E-state index contributed by atoms with van der Waals surface area (Å²) < 4.78 is 5.39. The SMILES string of the molecule is COc1c(C)cc(-c2ccnc(=O)[nH]2)c(C)c1C. The molecule has 18 heavy (non-hydrogen) atoms. The van der Waals surface area contributed by atoms with Crippen LogP contribution in [0.1, 0.15) is 16.7 Å². The highest BCUT2D eigenvalue weighted by molar-refractivity contribution is 5.68. The van der Waals surface area contributed by atoms with E-state index in [2.05, 4.69) is 9.97 Å². The lowest BCUT2D eigenvalue weighted by molar-refractivity contribution is 0.408. The normalized spacial score (nSPS) is 10.4. The largest absolute Gasteiger partial charge is 0.496 e. The van der Waals surface area contributed by atoms with Crippen molar-refractivity contribution in [2.24, 2.45) is 0 Å². The Labute approximate surface area is 106 Å². The first-order chi connectivity index (χ1) is 8.54. The molecule has 0 saturated carbocycles. The molecule has 0 bridgehead atoms. The fraction of sp³-hybridized carbons (Fsp3) is 0.286. The maximum absolute atomic E-state index is 11.3. The molecule has 1 heterocycles. The molecule has 0 spiro atoms. The van der Waals surface area contributed by atoms with E-state index in [-0.39, 0.29) is 5.69 Å². The zero-order valence-corrected chi connectivity index (χ0v) is 11.0. The highest BCUT2D eigenvalue weighted by atomic mass is 16.5. The minimum absolute atomic E-state index is 0.335. The van der Waals surface area contributed by atoms with Gasteiger partial charge in [0.05, 0.1) is 12.8 Å². The second kappa shape index (κ2) is 4.64. The Morgan fingerprint density at radius 1 is 1.22 bits per heavy atom. The number of aromatic amines is 1. The lowest BCUT2D eigenvalue weighted by Crippen LogP contribution is -2.10. The van der Waals surface area contributed by atoms with Gasteiger partial charge in [0.2, 0.25) is 0 Å². The van der Waals surface area contributed by atoms with E-state index >= 15 is 0 Å². The zero-order chi connectivity index (χ0) is 13.3. The summed E-state index contributed by atoms with van der Waals surface area (Å²) in [6.45, 7) is 6.03. The Hall–Kier alpha value is -2.10. The molecule has 1 aromatic carbocycles. The van der Waals surface area contributed by atoms with Gasteiger partial charge in [-0.05, 0) is 49.6 Å². The summed E-state index contributed by atoms with van der Waals surface area (Å²) in [6, 6.07) is 3.82. The molecule has 2 rings (SSSR count). The van der Waals surface area contributed by atoms with E-state index in [9.17, 15) is 4.79 Å². The summed E-state index contributed by atoms with van der Waals surface area (Å²) in [5.74, 6) is 0.896. The van der Waals surface area contributed by atoms with Crippen LogP contribution in [0.15, 0.2) is 23.1 Å². The van der Waals surface area contributed by atoms with Crippen molar-refractivity contribution in [3.63, 3.8) is 0 Å². The fourth-order valence-corrected chi connectivity index (χ4v) is 2.18. The predicted molar refractivity (Wildman–Crippen MR) is 71.1 cm³/mol. The number of aromatic nitrogens is 2. The molecule has 1 aromatic heterocycles. The summed E-state index contributed by atoms with van der Waals surface area (Å²) in [4.78, 5) is 17.7. The summed E-state index contributed by atoms with van der Waals surface area (Å²) in [6.07, 6.45) is 1.52. The van der Waals surface area contributed by atoms with E-state index in [1.165, 1.54) is 6.20 Å². The minimum atomic E-state index is -0.335. The van der Waals surface area contributed by atoms with Gasteiger partial charge in [-0.3, -0.25) is 0 Å². The van der Waals surface area contributed by atoms with Crippen LogP contribution in [0.5, 0.6) is 5.75 Å². The van der Waals surface area contributed by atoms with Crippen LogP contribution in [-0.4, -0.2) is 17.1 Å². The Kier molecular flexibility index (Phi) is 3.19. The monoisotopic (exact) mass is 244 g/mol. The second-order valence-electron chi connectivity index (χ2n) is 4.31. The van der Waals surface area contributed by atoms with E-state index in [0.717, 1.165) is 33.7 Å². The van der Waals surface area contributed by atoms with E-state index in [4.69, 9.17) is 4.74 Å². The molecule has 0 radical (unpaired) electrons. The van der Waals surface area contributed by atoms with Gasteiger partial charge in [0.1, 0.15) is 5.75 Å². The summed E-state index contributed by atoms with van der Waals surface area (Å²) in [7, 11) is 1.67. The molecule has 0 amide bonds. The second-order valence-corrected chi connectivity index (χ2v) is 4.31. The molecule has 94 valence electrons. The van der Waals surface area contributed by atoms with Gasteiger partial charge < -0.3 is 9.72 Å². The molecule has 0 aliphatic carbocycles. The molecule has 2 aromatic rings. The zero-order valence-electron chi connectivity index (χ0n) is 11.0. The molecular weight excluding hydrogens is 228 g/mol. The Bertz CT molecular complexity index is 645. The number of nitrogens with zero attached hydrogens (tertiary/aromatic N) is 1. The Morgan fingerprint density at radius 3 is 2.56 bits per heavy atom. The average molecular weight is 244 g/mol. The van der Waals surface area contributed by atoms with Gasteiger partial charge in [0.15, 0.2) is 0 Å². The van der Waals surface area contributed by atoms with Crippen LogP contribution >= 0.6 is 0 Å². The minimum Gasteiger partial charge on any atom is -0.496 e. The molecule has 0 aliphatic heterocycles. The number of H-pyrrole nitrogens is 1. The van der Waals surface area contributed by atoms with Gasteiger partial charge in [-0.25, -0.2) is 9.78 Å². The van der Waals surface area contributed by atoms with Crippen molar-refractivity contribution in [1.82, 2.24) is 9.97 Å². The van der Waals surface area contributed by atoms with E-state index in [0.29, 0.717) is 0 Å². The van der Waals surface area contributed by atoms with E-state index < -0.39 is 0 Å². The molecule has 0 unspecified atom stereocenters. The van der Waals surface area contributed by atoms with Crippen molar-refractivity contribution in [3.8, 4) is 17.0 Å². The van der Waals surface area contributed by atoms with Crippen LogP contribution in [0.3, 0.4) is 0 Å². The third-order valence-electron chi connectivity index (χ3n) is 3.19. The van der Waals surface area contributed by atoms with Crippen LogP contribution in [0.25, 0.3) is 11.3 Å². The molecule has 0 aliphatic rings. The topological polar surface area (TPSA) is 55.0 Å². The number of nitrogens with one attached hydrogen (secondary N) is 1. The van der Waals surface area contributed by atoms with Crippen molar-refractivity contribution < 1.29 is 4.74 Å². The van der Waals surface area contributed by atoms with Crippen LogP contribution in [0.2, 0.25) is 0 Å². The molecule has 0 fully saturated rings. The van der Waals surface area contributed by atoms with Gasteiger partial charge in [-0.2, -0.15) is 0 Å². The van der Waals surface area contributed by atoms with Crippen molar-refractivity contribution in [2.75, 3.05) is 7.11 Å². The Morgan fingerprint density at radius 2 is 1.94 bits per heavy atom. The van der Waals surface area contributed by atoms with E-state index in [1.807, 2.05) is 26.8 Å². The van der Waals surface area contributed by atoms with Crippen molar-refractivity contribution in [2.45, 2.75) is 20.8 Å². The predicted octanol–water partition coefficient (Wildman–Crippen LogP) is 2.37. The van der Waals surface area contributed by atoms with Crippen molar-refractivity contribution in [3.05, 3.63) is 45.5 Å². The Balaban J connectivity index is 2.70. The highest BCUT2D eigenvalue weighted by Gasteiger charge is 2.12. The summed E-state index contributed by atoms with van der Waals surface area (Å²) >= 11 is 0. The number of methoxy groups -OCH3 is 1. The number of ether oxygens (including phenoxy) is 1. The van der Waals surface area contributed by atoms with Gasteiger partial charge in [-0.1, -0.05) is 0 Å². The average Bonchev–Trinajstić information content (AvgIpc) is 2.34. The van der Waals surface area contributed by atoms with Crippen LogP contribution < -0.4 is 10.4 Å². The van der Waals surface area contributed by atoms with Gasteiger partial charge >= 0.3 is 5.69 Å². The van der Waals surface area contributed by atoms with Gasteiger partial charge in [-0.15, -0.1) is 0 Å². The molecule has 1 N–H and O–H groups in total. The standard InChI is InChI=1S/C14H16N2O2/c1-8-7-11(9(2)10(3)13(8)18-4)12-5-6-15-14(17)16-12/h5-7H,1-4H3,(H,15,16,17). The van der Waals surface area contributed by atoms with Crippen LogP contribution in [0, 0.1) is 20.8 Å². The maximum Gasteiger partial charge on any atom is 0.345 e. The smallest absolute Gasteiger partial charge is 0.345 e. The molecule has 0 atom stereocenters. The molecule has 4 heteroatoms. The van der Waals surface area contributed by atoms with E-state index in [1.54, 1.807) is 13.2 Å². The first-order valence-electron chi connectivity index (χ1n) is 5.75. The number of hydrogen-bond acceptors (Lipinski definition) is 3. The number of rotatable bonds is 2. The molecular formula is C14H16N2O2. The fourth-order valence-electron chi connectivity index (χ4n) is 2.18. The number of hydrogen-bond donors (Lipinski definition) is 1. The number of benzene rings is 1. The van der Waals surface area contributed by atoms with Crippen molar-refractivity contribution >= 4 is 0 Å². The molecule has 4 nitrogen and oxygen atoms in total. The van der Waals surface area contributed by atoms with Crippen LogP contribution in [-0.2, 0) is 0 Å². The van der Waals surface area contributed by atoms with Crippen molar-refractivity contribution in [1.29, 1.82) is 0 Å². The molecule has 0 saturated heterocycles. The van der Waals surface area contributed by atoms with Gasteiger partial charge in [0, 0.05) is 11.8 Å². The van der Waals surface area contributed by atoms with Crippen LogP contribution in [0.4, 0.5) is 0 Å². The lowest BCUT2D eigenvalue weighted by atomic mass is 9.96. The number of aryl methyl sites for hydroxylation is 1. The first kappa shape index (κ1) is 12.4. The lowest BCUT2D eigenvalue weighted by Gasteiger charge is -2.15. The maximum atomic E-state index is 11.3. The summed E-state index contributed by atoms with van der Waals surface area (Å²) in [5, 5.41) is 0. The first-order valence-corrected chi connectivity index (χ1v) is 5.75. The highest BCUT2D eigenvalue weighted by Crippen LogP contribution is 2.32.